The Kier molecular flexibility index (Phi) is 6.95. The molecule has 0 bridgehead atoms. The number of hydrogen-bond donors (Lipinski definition) is 2. The minimum absolute atomic E-state index is 0.296. The van der Waals surface area contributed by atoms with Gasteiger partial charge in [0.25, 0.3) is 0 Å². The zero-order chi connectivity index (χ0) is 18.2. The molecule has 5 heteroatoms. The highest BCUT2D eigenvalue weighted by Crippen LogP contribution is 2.15. The highest BCUT2D eigenvalue weighted by Gasteiger charge is 2.07. The van der Waals surface area contributed by atoms with E-state index in [0.29, 0.717) is 17.3 Å². The zero-order valence-corrected chi connectivity index (χ0v) is 15.7. The van der Waals surface area contributed by atoms with E-state index in [2.05, 4.69) is 43.5 Å². The largest absolute Gasteiger partial charge is 0.462 e. The van der Waals surface area contributed by atoms with Crippen LogP contribution in [0.5, 0.6) is 0 Å². The molecule has 0 heterocycles. The van der Waals surface area contributed by atoms with Crippen LogP contribution in [0.3, 0.4) is 0 Å². The first kappa shape index (κ1) is 18.9. The zero-order valence-electron chi connectivity index (χ0n) is 14.9. The maximum absolute atomic E-state index is 11.9. The van der Waals surface area contributed by atoms with Gasteiger partial charge in [-0.2, -0.15) is 0 Å². The molecule has 132 valence electrons. The van der Waals surface area contributed by atoms with Gasteiger partial charge in [-0.1, -0.05) is 19.4 Å². The normalized spacial score (nSPS) is 10.2. The second-order valence-corrected chi connectivity index (χ2v) is 6.35. The summed E-state index contributed by atoms with van der Waals surface area (Å²) < 4.78 is 5.19. The number of rotatable bonds is 6. The number of aryl methyl sites for hydroxylation is 2. The van der Waals surface area contributed by atoms with Crippen molar-refractivity contribution in [3.63, 3.8) is 0 Å². The highest BCUT2D eigenvalue weighted by molar-refractivity contribution is 7.80. The number of ether oxygens (including phenoxy) is 1. The van der Waals surface area contributed by atoms with E-state index in [0.717, 1.165) is 24.2 Å². The molecule has 2 N–H and O–H groups in total. The van der Waals surface area contributed by atoms with Crippen LogP contribution in [-0.2, 0) is 4.74 Å². The van der Waals surface area contributed by atoms with Gasteiger partial charge in [0.05, 0.1) is 12.2 Å². The first-order chi connectivity index (χ1) is 12.0. The van der Waals surface area contributed by atoms with E-state index < -0.39 is 0 Å². The summed E-state index contributed by atoms with van der Waals surface area (Å²) in [4.78, 5) is 11.9. The van der Waals surface area contributed by atoms with Crippen LogP contribution in [0.25, 0.3) is 0 Å². The summed E-state index contributed by atoms with van der Waals surface area (Å²) in [5.41, 5.74) is 4.74. The van der Waals surface area contributed by atoms with E-state index in [-0.39, 0.29) is 5.97 Å². The number of unbranched alkanes of at least 4 members (excludes halogenated alkanes) is 1. The number of esters is 1. The number of carbonyl (C=O) groups is 1. The molecule has 0 atom stereocenters. The Labute approximate surface area is 154 Å². The molecule has 0 aliphatic heterocycles. The molecule has 0 fully saturated rings. The monoisotopic (exact) mass is 356 g/mol. The molecule has 0 unspecified atom stereocenters. The Morgan fingerprint density at radius 2 is 1.64 bits per heavy atom. The van der Waals surface area contributed by atoms with Crippen molar-refractivity contribution in [2.75, 3.05) is 17.2 Å². The summed E-state index contributed by atoms with van der Waals surface area (Å²) in [7, 11) is 0. The molecule has 25 heavy (non-hydrogen) atoms. The van der Waals surface area contributed by atoms with Gasteiger partial charge in [0, 0.05) is 11.4 Å². The fourth-order valence-electron chi connectivity index (χ4n) is 2.19. The first-order valence-electron chi connectivity index (χ1n) is 8.42. The van der Waals surface area contributed by atoms with E-state index in [1.54, 1.807) is 12.1 Å². The number of nitrogens with one attached hydrogen (secondary N) is 2. The number of benzene rings is 2. The van der Waals surface area contributed by atoms with Crippen molar-refractivity contribution < 1.29 is 9.53 Å². The van der Waals surface area contributed by atoms with Crippen molar-refractivity contribution >= 4 is 34.7 Å². The van der Waals surface area contributed by atoms with Gasteiger partial charge in [0.2, 0.25) is 0 Å². The van der Waals surface area contributed by atoms with Crippen LogP contribution in [0.1, 0.15) is 41.3 Å². The lowest BCUT2D eigenvalue weighted by Gasteiger charge is -2.12. The third kappa shape index (κ3) is 5.87. The fourth-order valence-corrected chi connectivity index (χ4v) is 2.43. The number of thiocarbonyl (C=S) groups is 1. The van der Waals surface area contributed by atoms with Crippen molar-refractivity contribution in [1.29, 1.82) is 0 Å². The summed E-state index contributed by atoms with van der Waals surface area (Å²) in [6, 6.07) is 13.2. The molecule has 0 aliphatic carbocycles. The molecule has 0 saturated carbocycles. The highest BCUT2D eigenvalue weighted by atomic mass is 32.1. The van der Waals surface area contributed by atoms with E-state index in [9.17, 15) is 4.79 Å². The minimum Gasteiger partial charge on any atom is -0.462 e. The van der Waals surface area contributed by atoms with Gasteiger partial charge in [0.15, 0.2) is 5.11 Å². The molecular weight excluding hydrogens is 332 g/mol. The smallest absolute Gasteiger partial charge is 0.338 e. The molecule has 0 saturated heterocycles. The van der Waals surface area contributed by atoms with Gasteiger partial charge in [-0.05, 0) is 80.0 Å². The summed E-state index contributed by atoms with van der Waals surface area (Å²) in [5, 5.41) is 6.77. The van der Waals surface area contributed by atoms with Crippen molar-refractivity contribution in [3.8, 4) is 0 Å². The van der Waals surface area contributed by atoms with Crippen molar-refractivity contribution in [2.24, 2.45) is 0 Å². The van der Waals surface area contributed by atoms with Gasteiger partial charge in [-0.15, -0.1) is 0 Å². The van der Waals surface area contributed by atoms with E-state index in [1.807, 2.05) is 18.2 Å². The van der Waals surface area contributed by atoms with Crippen LogP contribution in [0.15, 0.2) is 42.5 Å². The maximum atomic E-state index is 11.9. The summed E-state index contributed by atoms with van der Waals surface area (Å²) in [6.45, 7) is 6.66. The molecule has 0 aliphatic rings. The van der Waals surface area contributed by atoms with Crippen LogP contribution in [0.4, 0.5) is 11.4 Å². The molecule has 2 rings (SSSR count). The van der Waals surface area contributed by atoms with E-state index >= 15 is 0 Å². The molecule has 4 nitrogen and oxygen atoms in total. The van der Waals surface area contributed by atoms with Crippen molar-refractivity contribution in [3.05, 3.63) is 59.2 Å². The number of carbonyl (C=O) groups excluding carboxylic acids is 1. The molecule has 0 spiro atoms. The predicted octanol–water partition coefficient (Wildman–Crippen LogP) is 5.07. The van der Waals surface area contributed by atoms with Crippen LogP contribution < -0.4 is 10.6 Å². The van der Waals surface area contributed by atoms with Gasteiger partial charge >= 0.3 is 5.97 Å². The third-order valence-corrected chi connectivity index (χ3v) is 4.08. The summed E-state index contributed by atoms with van der Waals surface area (Å²) in [5.74, 6) is -0.296. The summed E-state index contributed by atoms with van der Waals surface area (Å²) >= 11 is 5.34. The lowest BCUT2D eigenvalue weighted by atomic mass is 10.1. The van der Waals surface area contributed by atoms with Crippen LogP contribution in [-0.4, -0.2) is 17.7 Å². The standard InChI is InChI=1S/C20H24N2O2S/c1-4-5-12-24-19(23)16-7-10-17(11-8-16)21-20(25)22-18-9-6-14(2)15(3)13-18/h6-11,13H,4-5,12H2,1-3H3,(H2,21,22,25). The van der Waals surface area contributed by atoms with E-state index in [1.165, 1.54) is 11.1 Å². The molecule has 2 aromatic carbocycles. The number of anilines is 2. The Hall–Kier alpha value is -2.40. The summed E-state index contributed by atoms with van der Waals surface area (Å²) in [6.07, 6.45) is 1.88. The van der Waals surface area contributed by atoms with Crippen LogP contribution in [0, 0.1) is 13.8 Å². The molecule has 2 aromatic rings. The Morgan fingerprint density at radius 1 is 1.00 bits per heavy atom. The van der Waals surface area contributed by atoms with Crippen LogP contribution in [0.2, 0.25) is 0 Å². The second-order valence-electron chi connectivity index (χ2n) is 5.94. The predicted molar refractivity (Wildman–Crippen MR) is 107 cm³/mol. The maximum Gasteiger partial charge on any atom is 0.338 e. The molecule has 0 radical (unpaired) electrons. The quantitative estimate of drug-likeness (QED) is 0.430. The van der Waals surface area contributed by atoms with Crippen LogP contribution >= 0.6 is 12.2 Å². The lowest BCUT2D eigenvalue weighted by molar-refractivity contribution is 0.0500. The molecular formula is C20H24N2O2S. The Balaban J connectivity index is 1.90. The first-order valence-corrected chi connectivity index (χ1v) is 8.83. The van der Waals surface area contributed by atoms with E-state index in [4.69, 9.17) is 17.0 Å². The van der Waals surface area contributed by atoms with Gasteiger partial charge in [0.1, 0.15) is 0 Å². The Morgan fingerprint density at radius 3 is 2.28 bits per heavy atom. The Bertz CT molecular complexity index is 742. The number of hydrogen-bond acceptors (Lipinski definition) is 3. The van der Waals surface area contributed by atoms with Gasteiger partial charge < -0.3 is 15.4 Å². The second kappa shape index (κ2) is 9.18. The average Bonchev–Trinajstić information content (AvgIpc) is 2.59. The third-order valence-electron chi connectivity index (χ3n) is 3.87. The van der Waals surface area contributed by atoms with Crippen molar-refractivity contribution in [2.45, 2.75) is 33.6 Å². The fraction of sp³-hybridized carbons (Fsp3) is 0.300. The molecule has 0 amide bonds. The average molecular weight is 356 g/mol. The topological polar surface area (TPSA) is 50.4 Å². The minimum atomic E-state index is -0.296. The lowest BCUT2D eigenvalue weighted by Crippen LogP contribution is -2.19. The van der Waals surface area contributed by atoms with Gasteiger partial charge in [-0.3, -0.25) is 0 Å². The van der Waals surface area contributed by atoms with Crippen molar-refractivity contribution in [1.82, 2.24) is 0 Å². The SMILES string of the molecule is CCCCOC(=O)c1ccc(NC(=S)Nc2ccc(C)c(C)c2)cc1. The molecule has 0 aromatic heterocycles. The van der Waals surface area contributed by atoms with Gasteiger partial charge in [-0.25, -0.2) is 4.79 Å².